The molecule has 0 unspecified atom stereocenters. The van der Waals surface area contributed by atoms with Crippen LogP contribution in [0.4, 0.5) is 23.3 Å². The van der Waals surface area contributed by atoms with Crippen molar-refractivity contribution in [1.82, 2.24) is 14.9 Å². The molecule has 2 saturated heterocycles. The second-order valence-corrected chi connectivity index (χ2v) is 12.9. The van der Waals surface area contributed by atoms with Crippen LogP contribution < -0.4 is 19.7 Å². The minimum atomic E-state index is -2.39. The smallest absolute Gasteiger partial charge is 0.338 e. The summed E-state index contributed by atoms with van der Waals surface area (Å²) in [5.74, 6) is 0.728. The van der Waals surface area contributed by atoms with E-state index in [1.165, 1.54) is 50.2 Å². The van der Waals surface area contributed by atoms with E-state index in [1.807, 2.05) is 19.1 Å². The number of rotatable bonds is 11. The highest BCUT2D eigenvalue weighted by molar-refractivity contribution is 8.29. The lowest BCUT2D eigenvalue weighted by Crippen LogP contribution is -2.44. The average molecular weight is 626 g/mol. The molecule has 2 aliphatic heterocycles. The molecule has 2 fully saturated rings. The molecule has 0 radical (unpaired) electrons. The zero-order valence-corrected chi connectivity index (χ0v) is 24.8. The largest absolute Gasteiger partial charge is 0.484 e. The number of nitrogens with one attached hydrogen (secondary N) is 1. The number of carbonyl (C=O) groups excluding carboxylic acids is 1. The molecular formula is C27H30F3N5O3S3. The Morgan fingerprint density at radius 2 is 1.63 bits per heavy atom. The average Bonchev–Trinajstić information content (AvgIpc) is 3.55. The Morgan fingerprint density at radius 3 is 2.29 bits per heavy atom. The number of fused-ring (bicyclic) bond motifs is 1. The predicted octanol–water partition coefficient (Wildman–Crippen LogP) is 6.86. The van der Waals surface area contributed by atoms with Crippen molar-refractivity contribution in [3.05, 3.63) is 48.2 Å². The number of ether oxygens (including phenoxy) is 2. The van der Waals surface area contributed by atoms with Gasteiger partial charge in [0.25, 0.3) is 5.91 Å². The van der Waals surface area contributed by atoms with Crippen LogP contribution in [0.1, 0.15) is 31.4 Å². The maximum Gasteiger partial charge on any atom is 0.338 e. The maximum atomic E-state index is 12.9. The number of hydrogen-bond donors (Lipinski definition) is 1. The topological polar surface area (TPSA) is 79.8 Å². The van der Waals surface area contributed by atoms with E-state index in [1.54, 1.807) is 6.07 Å². The van der Waals surface area contributed by atoms with Gasteiger partial charge < -0.3 is 24.6 Å². The summed E-state index contributed by atoms with van der Waals surface area (Å²) in [6.07, 6.45) is 4.87. The van der Waals surface area contributed by atoms with Gasteiger partial charge in [-0.3, -0.25) is 4.79 Å². The number of carbonyl (C=O) groups is 1. The van der Waals surface area contributed by atoms with Crippen LogP contribution in [0.5, 0.6) is 11.5 Å². The molecule has 5 rings (SSSR count). The molecule has 0 saturated carbocycles. The van der Waals surface area contributed by atoms with Crippen molar-refractivity contribution in [2.24, 2.45) is 0 Å². The molecular weight excluding hydrogens is 596 g/mol. The summed E-state index contributed by atoms with van der Waals surface area (Å²) in [7, 11) is 0. The number of halogens is 3. The number of amides is 1. The number of anilines is 2. The Morgan fingerprint density at radius 1 is 0.976 bits per heavy atom. The van der Waals surface area contributed by atoms with Gasteiger partial charge in [0.15, 0.2) is 6.61 Å². The van der Waals surface area contributed by atoms with Gasteiger partial charge in [0.2, 0.25) is 5.95 Å². The van der Waals surface area contributed by atoms with E-state index in [0.717, 1.165) is 48.5 Å². The summed E-state index contributed by atoms with van der Waals surface area (Å²) in [6.45, 7) is 6.00. The lowest BCUT2D eigenvalue weighted by atomic mass is 10.0. The molecule has 220 valence electrons. The minimum absolute atomic E-state index is 0.0331. The third kappa shape index (κ3) is 7.27. The van der Waals surface area contributed by atoms with Crippen LogP contribution in [-0.4, -0.2) is 63.2 Å². The second kappa shape index (κ2) is 13.6. The summed E-state index contributed by atoms with van der Waals surface area (Å²) in [5.41, 5.74) is 2.25. The molecule has 0 aliphatic carbocycles. The quantitative estimate of drug-likeness (QED) is 0.228. The van der Waals surface area contributed by atoms with Crippen LogP contribution in [0.2, 0.25) is 0 Å². The lowest BCUT2D eigenvalue weighted by molar-refractivity contribution is -0.118. The summed E-state index contributed by atoms with van der Waals surface area (Å²) in [5, 5.41) is 3.67. The van der Waals surface area contributed by atoms with Crippen molar-refractivity contribution in [2.45, 2.75) is 42.2 Å². The van der Waals surface area contributed by atoms with Crippen molar-refractivity contribution in [3.63, 3.8) is 0 Å². The first kappa shape index (κ1) is 29.9. The van der Waals surface area contributed by atoms with Crippen molar-refractivity contribution < 1.29 is 25.9 Å². The van der Waals surface area contributed by atoms with Gasteiger partial charge in [-0.25, -0.2) is 9.97 Å². The van der Waals surface area contributed by atoms with Gasteiger partial charge in [-0.2, -0.15) is 11.7 Å². The van der Waals surface area contributed by atoms with E-state index in [9.17, 15) is 16.5 Å². The first-order valence-electron chi connectivity index (χ1n) is 13.3. The van der Waals surface area contributed by atoms with Crippen LogP contribution in [0, 0.1) is 6.92 Å². The Kier molecular flexibility index (Phi) is 9.94. The standard InChI is InChI=1S/C27H30F3N5O3S3/c1-18-23-16-19(32-25(36)17-37-21-5-7-22(8-6-21)38-27(39-28,40-29)41-30)4-9-24(23)33-26(31-18)35-14-10-20(11-15-35)34-12-2-3-13-34/h4-9,16,20H,2-3,10-15,17H2,1H3,(H,32,36). The lowest BCUT2D eigenvalue weighted by Gasteiger charge is -2.36. The molecule has 1 amide bonds. The van der Waals surface area contributed by atoms with Gasteiger partial charge in [-0.15, -0.1) is 0 Å². The molecule has 41 heavy (non-hydrogen) atoms. The summed E-state index contributed by atoms with van der Waals surface area (Å²) >= 11 is -1.79. The third-order valence-corrected chi connectivity index (χ3v) is 9.23. The van der Waals surface area contributed by atoms with Crippen molar-refractivity contribution in [2.75, 3.05) is 43.0 Å². The van der Waals surface area contributed by atoms with E-state index in [2.05, 4.69) is 15.1 Å². The Balaban J connectivity index is 1.15. The van der Waals surface area contributed by atoms with Crippen molar-refractivity contribution >= 4 is 64.9 Å². The van der Waals surface area contributed by atoms with Gasteiger partial charge >= 0.3 is 3.60 Å². The Bertz CT molecular complexity index is 1330. The van der Waals surface area contributed by atoms with E-state index in [-0.39, 0.29) is 18.3 Å². The number of benzene rings is 2. The fourth-order valence-electron chi connectivity index (χ4n) is 5.20. The summed E-state index contributed by atoms with van der Waals surface area (Å²) in [6, 6.07) is 11.8. The van der Waals surface area contributed by atoms with Crippen molar-refractivity contribution in [1.29, 1.82) is 0 Å². The van der Waals surface area contributed by atoms with Crippen LogP contribution in [0.25, 0.3) is 10.9 Å². The molecule has 14 heteroatoms. The number of hydrogen-bond acceptors (Lipinski definition) is 10. The van der Waals surface area contributed by atoms with Gasteiger partial charge in [0.05, 0.1) is 11.2 Å². The zero-order valence-electron chi connectivity index (χ0n) is 22.4. The van der Waals surface area contributed by atoms with E-state index >= 15 is 0 Å². The SMILES string of the molecule is Cc1nc(N2CCC(N3CCCC3)CC2)nc2ccc(NC(=O)COc3ccc(OC(SF)(SF)SF)cc3)cc12. The molecule has 2 aliphatic rings. The monoisotopic (exact) mass is 625 g/mol. The molecule has 0 bridgehead atoms. The first-order chi connectivity index (χ1) is 19.9. The molecule has 0 spiro atoms. The minimum Gasteiger partial charge on any atom is -0.484 e. The summed E-state index contributed by atoms with van der Waals surface area (Å²) in [4.78, 5) is 27.0. The maximum absolute atomic E-state index is 12.9. The normalized spacial score (nSPS) is 16.7. The summed E-state index contributed by atoms with van der Waals surface area (Å²) < 4.78 is 46.9. The fraction of sp³-hybridized carbons (Fsp3) is 0.444. The van der Waals surface area contributed by atoms with Crippen molar-refractivity contribution in [3.8, 4) is 11.5 Å². The van der Waals surface area contributed by atoms with Gasteiger partial charge in [0.1, 0.15) is 47.9 Å². The number of aryl methyl sites for hydroxylation is 1. The van der Waals surface area contributed by atoms with Gasteiger partial charge in [0, 0.05) is 30.2 Å². The fourth-order valence-corrected chi connectivity index (χ4v) is 5.87. The highest BCUT2D eigenvalue weighted by atomic mass is 32.3. The Labute approximate surface area is 250 Å². The predicted molar refractivity (Wildman–Crippen MR) is 160 cm³/mol. The highest BCUT2D eigenvalue weighted by Crippen LogP contribution is 2.49. The molecule has 3 heterocycles. The van der Waals surface area contributed by atoms with E-state index < -0.39 is 40.0 Å². The van der Waals surface area contributed by atoms with Gasteiger partial charge in [-0.1, -0.05) is 0 Å². The van der Waals surface area contributed by atoms with Crippen LogP contribution in [0.15, 0.2) is 42.5 Å². The molecule has 0 atom stereocenters. The number of likely N-dealkylation sites (tertiary alicyclic amines) is 1. The second-order valence-electron chi connectivity index (χ2n) is 9.94. The Hall–Kier alpha value is -2.55. The number of nitrogens with zero attached hydrogens (tertiary/aromatic N) is 4. The molecule has 1 N–H and O–H groups in total. The highest BCUT2D eigenvalue weighted by Gasteiger charge is 2.40. The third-order valence-electron chi connectivity index (χ3n) is 7.28. The van der Waals surface area contributed by atoms with Gasteiger partial charge in [-0.05, 0) is 88.2 Å². The molecule has 2 aromatic carbocycles. The van der Waals surface area contributed by atoms with E-state index in [0.29, 0.717) is 17.5 Å². The van der Waals surface area contributed by atoms with E-state index in [4.69, 9.17) is 19.4 Å². The number of aromatic nitrogens is 2. The number of piperidine rings is 1. The van der Waals surface area contributed by atoms with Crippen LogP contribution >= 0.6 is 36.4 Å². The molecule has 3 aromatic rings. The van der Waals surface area contributed by atoms with Crippen LogP contribution in [0.3, 0.4) is 0 Å². The zero-order chi connectivity index (χ0) is 28.8. The molecule has 8 nitrogen and oxygen atoms in total. The molecule has 1 aromatic heterocycles. The first-order valence-corrected chi connectivity index (χ1v) is 15.5. The van der Waals surface area contributed by atoms with Crippen LogP contribution in [-0.2, 0) is 4.79 Å².